The first-order chi connectivity index (χ1) is 14.7. The SMILES string of the molecule is CCOC(=O)Cc1ccccc1OC(=O)N(Cc1ccccc1)Cc1ccccc1. The fourth-order valence-electron chi connectivity index (χ4n) is 3.07. The second-order valence-corrected chi connectivity index (χ2v) is 6.78. The van der Waals surface area contributed by atoms with Crippen molar-refractivity contribution in [1.29, 1.82) is 0 Å². The number of benzene rings is 3. The highest BCUT2D eigenvalue weighted by Crippen LogP contribution is 2.21. The highest BCUT2D eigenvalue weighted by molar-refractivity contribution is 5.75. The molecule has 0 bridgehead atoms. The third-order valence-corrected chi connectivity index (χ3v) is 4.50. The van der Waals surface area contributed by atoms with Crippen molar-refractivity contribution in [2.24, 2.45) is 0 Å². The van der Waals surface area contributed by atoms with Gasteiger partial charge in [-0.25, -0.2) is 4.79 Å². The molecule has 0 aromatic heterocycles. The third kappa shape index (κ3) is 6.21. The van der Waals surface area contributed by atoms with E-state index in [0.717, 1.165) is 11.1 Å². The van der Waals surface area contributed by atoms with E-state index in [0.29, 0.717) is 31.0 Å². The number of hydrogen-bond acceptors (Lipinski definition) is 4. The number of carbonyl (C=O) groups excluding carboxylic acids is 2. The average Bonchev–Trinajstić information content (AvgIpc) is 2.76. The molecule has 0 saturated heterocycles. The van der Waals surface area contributed by atoms with Gasteiger partial charge in [0.15, 0.2) is 0 Å². The van der Waals surface area contributed by atoms with Gasteiger partial charge < -0.3 is 9.47 Å². The second-order valence-electron chi connectivity index (χ2n) is 6.78. The quantitative estimate of drug-likeness (QED) is 0.497. The van der Waals surface area contributed by atoms with Crippen LogP contribution in [0.25, 0.3) is 0 Å². The molecular formula is C25H25NO4. The van der Waals surface area contributed by atoms with Gasteiger partial charge in [0.05, 0.1) is 13.0 Å². The van der Waals surface area contributed by atoms with E-state index in [4.69, 9.17) is 9.47 Å². The lowest BCUT2D eigenvalue weighted by atomic mass is 10.1. The highest BCUT2D eigenvalue weighted by atomic mass is 16.6. The van der Waals surface area contributed by atoms with E-state index in [1.54, 1.807) is 36.1 Å². The van der Waals surface area contributed by atoms with Crippen molar-refractivity contribution in [2.75, 3.05) is 6.61 Å². The summed E-state index contributed by atoms with van der Waals surface area (Å²) < 4.78 is 10.7. The molecule has 3 aromatic rings. The van der Waals surface area contributed by atoms with Crippen LogP contribution >= 0.6 is 0 Å². The molecule has 0 heterocycles. The Morgan fingerprint density at radius 2 is 1.30 bits per heavy atom. The van der Waals surface area contributed by atoms with E-state index < -0.39 is 6.09 Å². The molecule has 5 heteroatoms. The van der Waals surface area contributed by atoms with Crippen LogP contribution in [-0.2, 0) is 29.0 Å². The van der Waals surface area contributed by atoms with Crippen molar-refractivity contribution in [3.63, 3.8) is 0 Å². The molecule has 0 spiro atoms. The smallest absolute Gasteiger partial charge is 0.415 e. The average molecular weight is 403 g/mol. The Morgan fingerprint density at radius 3 is 1.87 bits per heavy atom. The highest BCUT2D eigenvalue weighted by Gasteiger charge is 2.19. The van der Waals surface area contributed by atoms with Crippen molar-refractivity contribution in [1.82, 2.24) is 4.90 Å². The number of ether oxygens (including phenoxy) is 2. The summed E-state index contributed by atoms with van der Waals surface area (Å²) in [7, 11) is 0. The number of esters is 1. The van der Waals surface area contributed by atoms with Crippen molar-refractivity contribution >= 4 is 12.1 Å². The summed E-state index contributed by atoms with van der Waals surface area (Å²) in [6.07, 6.45) is -0.423. The Hall–Kier alpha value is -3.60. The van der Waals surface area contributed by atoms with Gasteiger partial charge in [0.2, 0.25) is 0 Å². The Balaban J connectivity index is 1.78. The summed E-state index contributed by atoms with van der Waals surface area (Å²) in [5.41, 5.74) is 2.62. The molecule has 30 heavy (non-hydrogen) atoms. The fourth-order valence-corrected chi connectivity index (χ4v) is 3.07. The summed E-state index contributed by atoms with van der Waals surface area (Å²) in [4.78, 5) is 26.6. The number of rotatable bonds is 8. The van der Waals surface area contributed by atoms with Gasteiger partial charge in [-0.1, -0.05) is 78.9 Å². The molecule has 0 radical (unpaired) electrons. The van der Waals surface area contributed by atoms with Crippen molar-refractivity contribution < 1.29 is 19.1 Å². The minimum Gasteiger partial charge on any atom is -0.466 e. The molecule has 0 aliphatic heterocycles. The Morgan fingerprint density at radius 1 is 0.767 bits per heavy atom. The van der Waals surface area contributed by atoms with Crippen LogP contribution in [0.1, 0.15) is 23.6 Å². The fraction of sp³-hybridized carbons (Fsp3) is 0.200. The van der Waals surface area contributed by atoms with E-state index in [2.05, 4.69) is 0 Å². The van der Waals surface area contributed by atoms with Crippen molar-refractivity contribution in [3.05, 3.63) is 102 Å². The minimum absolute atomic E-state index is 0.0503. The van der Waals surface area contributed by atoms with Gasteiger partial charge in [-0.3, -0.25) is 9.69 Å². The molecule has 0 unspecified atom stereocenters. The Bertz CT molecular complexity index is 916. The van der Waals surface area contributed by atoms with Gasteiger partial charge in [-0.05, 0) is 24.1 Å². The number of hydrogen-bond donors (Lipinski definition) is 0. The van der Waals surface area contributed by atoms with Crippen LogP contribution in [0.4, 0.5) is 4.79 Å². The maximum absolute atomic E-state index is 13.1. The monoisotopic (exact) mass is 403 g/mol. The maximum atomic E-state index is 13.1. The summed E-state index contributed by atoms with van der Waals surface area (Å²) in [5.74, 6) is 0.00750. The van der Waals surface area contributed by atoms with Gasteiger partial charge >= 0.3 is 12.1 Å². The van der Waals surface area contributed by atoms with E-state index in [1.807, 2.05) is 60.7 Å². The largest absolute Gasteiger partial charge is 0.466 e. The number of para-hydroxylation sites is 1. The molecule has 0 atom stereocenters. The van der Waals surface area contributed by atoms with Gasteiger partial charge in [0.1, 0.15) is 5.75 Å². The summed E-state index contributed by atoms with van der Waals surface area (Å²) in [6.45, 7) is 2.89. The molecule has 3 rings (SSSR count). The molecule has 0 aliphatic carbocycles. The maximum Gasteiger partial charge on any atom is 0.415 e. The first kappa shape index (κ1) is 21.1. The van der Waals surface area contributed by atoms with E-state index >= 15 is 0 Å². The normalized spacial score (nSPS) is 10.3. The molecule has 0 N–H and O–H groups in total. The second kappa shape index (κ2) is 10.8. The molecule has 0 aliphatic rings. The Labute approximate surface area is 176 Å². The summed E-state index contributed by atoms with van der Waals surface area (Å²) >= 11 is 0. The first-order valence-corrected chi connectivity index (χ1v) is 9.94. The molecule has 3 aromatic carbocycles. The molecule has 154 valence electrons. The number of nitrogens with zero attached hydrogens (tertiary/aromatic N) is 1. The zero-order valence-electron chi connectivity index (χ0n) is 17.0. The molecule has 0 fully saturated rings. The van der Waals surface area contributed by atoms with Gasteiger partial charge in [0.25, 0.3) is 0 Å². The molecular weight excluding hydrogens is 378 g/mol. The lowest BCUT2D eigenvalue weighted by Crippen LogP contribution is -2.33. The van der Waals surface area contributed by atoms with E-state index in [-0.39, 0.29) is 12.4 Å². The van der Waals surface area contributed by atoms with Crippen LogP contribution in [0.3, 0.4) is 0 Å². The zero-order valence-corrected chi connectivity index (χ0v) is 17.0. The summed E-state index contributed by atoms with van der Waals surface area (Å²) in [5, 5.41) is 0. The van der Waals surface area contributed by atoms with Crippen LogP contribution in [0.15, 0.2) is 84.9 Å². The Kier molecular flexibility index (Phi) is 7.61. The van der Waals surface area contributed by atoms with Crippen molar-refractivity contribution in [2.45, 2.75) is 26.4 Å². The van der Waals surface area contributed by atoms with Crippen LogP contribution in [0, 0.1) is 0 Å². The number of carbonyl (C=O) groups is 2. The predicted octanol–water partition coefficient (Wildman–Crippen LogP) is 4.99. The summed E-state index contributed by atoms with van der Waals surface area (Å²) in [6, 6.07) is 26.6. The standard InChI is InChI=1S/C25H25NO4/c1-2-29-24(27)17-22-15-9-10-16-23(22)30-25(28)26(18-20-11-5-3-6-12-20)19-21-13-7-4-8-14-21/h3-16H,2,17-19H2,1H3. The van der Waals surface area contributed by atoms with Gasteiger partial charge in [-0.15, -0.1) is 0 Å². The topological polar surface area (TPSA) is 55.8 Å². The minimum atomic E-state index is -0.473. The van der Waals surface area contributed by atoms with Crippen LogP contribution < -0.4 is 4.74 Å². The van der Waals surface area contributed by atoms with Gasteiger partial charge in [0, 0.05) is 18.7 Å². The third-order valence-electron chi connectivity index (χ3n) is 4.50. The number of amides is 1. The lowest BCUT2D eigenvalue weighted by molar-refractivity contribution is -0.142. The zero-order chi connectivity index (χ0) is 21.2. The first-order valence-electron chi connectivity index (χ1n) is 9.94. The molecule has 5 nitrogen and oxygen atoms in total. The lowest BCUT2D eigenvalue weighted by Gasteiger charge is -2.23. The van der Waals surface area contributed by atoms with Crippen molar-refractivity contribution in [3.8, 4) is 5.75 Å². The van der Waals surface area contributed by atoms with Crippen LogP contribution in [0.5, 0.6) is 5.75 Å². The predicted molar refractivity (Wildman–Crippen MR) is 115 cm³/mol. The van der Waals surface area contributed by atoms with E-state index in [9.17, 15) is 9.59 Å². The van der Waals surface area contributed by atoms with Crippen LogP contribution in [0.2, 0.25) is 0 Å². The van der Waals surface area contributed by atoms with E-state index in [1.165, 1.54) is 0 Å². The van der Waals surface area contributed by atoms with Gasteiger partial charge in [-0.2, -0.15) is 0 Å². The molecule has 0 saturated carbocycles. The van der Waals surface area contributed by atoms with Crippen LogP contribution in [-0.4, -0.2) is 23.6 Å². The molecule has 1 amide bonds.